The maximum absolute atomic E-state index is 3.74. The molecule has 120 valence electrons. The van der Waals surface area contributed by atoms with Crippen LogP contribution in [-0.2, 0) is 5.41 Å². The maximum Gasteiger partial charge on any atom is 0.0182 e. The molecule has 1 aromatic heterocycles. The first kappa shape index (κ1) is 17.0. The van der Waals surface area contributed by atoms with Crippen molar-refractivity contribution in [3.63, 3.8) is 0 Å². The largest absolute Gasteiger partial charge is 0.316 e. The van der Waals surface area contributed by atoms with Gasteiger partial charge in [-0.2, -0.15) is 0 Å². The number of rotatable bonds is 9. The van der Waals surface area contributed by atoms with Crippen molar-refractivity contribution in [2.24, 2.45) is 11.3 Å². The Balaban J connectivity index is 2.06. The van der Waals surface area contributed by atoms with Crippen molar-refractivity contribution in [3.05, 3.63) is 22.4 Å². The third-order valence-electron chi connectivity index (χ3n) is 5.05. The molecule has 1 aliphatic carbocycles. The molecule has 0 aliphatic heterocycles. The molecule has 1 saturated carbocycles. The van der Waals surface area contributed by atoms with Gasteiger partial charge in [-0.15, -0.1) is 11.3 Å². The van der Waals surface area contributed by atoms with E-state index >= 15 is 0 Å². The highest BCUT2D eigenvalue weighted by Gasteiger charge is 2.54. The molecule has 0 aromatic carbocycles. The van der Waals surface area contributed by atoms with Gasteiger partial charge in [0, 0.05) is 16.8 Å². The van der Waals surface area contributed by atoms with Crippen LogP contribution >= 0.6 is 11.3 Å². The molecule has 1 fully saturated rings. The van der Waals surface area contributed by atoms with Crippen LogP contribution in [0.15, 0.2) is 17.5 Å². The summed E-state index contributed by atoms with van der Waals surface area (Å²) in [6.07, 6.45) is 8.29. The summed E-state index contributed by atoms with van der Waals surface area (Å²) in [5.74, 6) is 0.738. The van der Waals surface area contributed by atoms with Gasteiger partial charge in [0.05, 0.1) is 0 Å². The lowest BCUT2D eigenvalue weighted by Gasteiger charge is -2.57. The molecular formula is C19H33NS. The first-order valence-electron chi connectivity index (χ1n) is 8.80. The molecule has 0 radical (unpaired) electrons. The molecule has 0 atom stereocenters. The van der Waals surface area contributed by atoms with Crippen LogP contribution in [-0.4, -0.2) is 13.1 Å². The minimum atomic E-state index is 0.424. The molecule has 0 unspecified atom stereocenters. The van der Waals surface area contributed by atoms with Crippen LogP contribution in [0.1, 0.15) is 71.1 Å². The van der Waals surface area contributed by atoms with Gasteiger partial charge in [-0.25, -0.2) is 0 Å². The zero-order chi connectivity index (χ0) is 15.3. The van der Waals surface area contributed by atoms with Crippen LogP contribution < -0.4 is 5.32 Å². The molecule has 1 aliphatic rings. The number of thiophene rings is 1. The van der Waals surface area contributed by atoms with E-state index in [9.17, 15) is 0 Å². The van der Waals surface area contributed by atoms with E-state index < -0.39 is 0 Å². The fourth-order valence-corrected chi connectivity index (χ4v) is 5.42. The van der Waals surface area contributed by atoms with Gasteiger partial charge in [0.1, 0.15) is 0 Å². The summed E-state index contributed by atoms with van der Waals surface area (Å²) in [7, 11) is 0. The number of hydrogen-bond donors (Lipinski definition) is 1. The summed E-state index contributed by atoms with van der Waals surface area (Å²) < 4.78 is 0. The average Bonchev–Trinajstić information content (AvgIpc) is 2.90. The van der Waals surface area contributed by atoms with E-state index in [0.29, 0.717) is 10.8 Å². The molecule has 0 saturated heterocycles. The number of nitrogens with one attached hydrogen (secondary N) is 1. The molecule has 0 bridgehead atoms. The summed E-state index contributed by atoms with van der Waals surface area (Å²) >= 11 is 1.96. The lowest BCUT2D eigenvalue weighted by molar-refractivity contribution is 0.00472. The smallest absolute Gasteiger partial charge is 0.0182 e. The lowest BCUT2D eigenvalue weighted by atomic mass is 9.49. The van der Waals surface area contributed by atoms with Crippen LogP contribution in [0.25, 0.3) is 0 Å². The van der Waals surface area contributed by atoms with Crippen LogP contribution in [0, 0.1) is 11.3 Å². The molecule has 0 spiro atoms. The lowest BCUT2D eigenvalue weighted by Crippen LogP contribution is -2.54. The Kier molecular flexibility index (Phi) is 5.90. The number of hydrogen-bond acceptors (Lipinski definition) is 2. The second kappa shape index (κ2) is 7.28. The summed E-state index contributed by atoms with van der Waals surface area (Å²) in [6, 6.07) is 4.59. The Bertz CT molecular complexity index is 393. The van der Waals surface area contributed by atoms with Crippen molar-refractivity contribution in [2.75, 3.05) is 13.1 Å². The Morgan fingerprint density at radius 2 is 1.86 bits per heavy atom. The van der Waals surface area contributed by atoms with Gasteiger partial charge in [-0.1, -0.05) is 46.6 Å². The van der Waals surface area contributed by atoms with Gasteiger partial charge in [-0.3, -0.25) is 0 Å². The van der Waals surface area contributed by atoms with E-state index in [-0.39, 0.29) is 0 Å². The predicted octanol–water partition coefficient (Wildman–Crippen LogP) is 5.61. The fraction of sp³-hybridized carbons (Fsp3) is 0.789. The van der Waals surface area contributed by atoms with Crippen LogP contribution in [0.5, 0.6) is 0 Å². The average molecular weight is 308 g/mol. The predicted molar refractivity (Wildman–Crippen MR) is 95.2 cm³/mol. The van der Waals surface area contributed by atoms with Crippen LogP contribution in [0.4, 0.5) is 0 Å². The Labute approximate surface area is 135 Å². The molecule has 0 amide bonds. The first-order chi connectivity index (χ1) is 10.1. The molecular weight excluding hydrogens is 274 g/mol. The standard InChI is InChI=1S/C19H33NS/c1-5-9-18(10-6-2)13-19(14-18,15-20-12-16(3)4)17-8-7-11-21-17/h7-8,11,16,20H,5-6,9-10,12-15H2,1-4H3. The molecule has 2 rings (SSSR count). The van der Waals surface area contributed by atoms with Crippen molar-refractivity contribution < 1.29 is 0 Å². The molecule has 21 heavy (non-hydrogen) atoms. The van der Waals surface area contributed by atoms with Crippen molar-refractivity contribution in [1.82, 2.24) is 5.32 Å². The SMILES string of the molecule is CCCC1(CCC)CC(CNCC(C)C)(c2cccs2)C1. The normalized spacial score (nSPS) is 19.7. The summed E-state index contributed by atoms with van der Waals surface area (Å²) in [6.45, 7) is 11.6. The third kappa shape index (κ3) is 3.90. The molecule has 1 nitrogen and oxygen atoms in total. The zero-order valence-corrected chi connectivity index (χ0v) is 15.2. The summed E-state index contributed by atoms with van der Waals surface area (Å²) in [5, 5.41) is 5.99. The van der Waals surface area contributed by atoms with E-state index in [1.165, 1.54) is 45.1 Å². The van der Waals surface area contributed by atoms with E-state index in [1.807, 2.05) is 11.3 Å². The quantitative estimate of drug-likeness (QED) is 0.625. The molecule has 1 aromatic rings. The van der Waals surface area contributed by atoms with E-state index in [4.69, 9.17) is 0 Å². The molecule has 2 heteroatoms. The van der Waals surface area contributed by atoms with Crippen molar-refractivity contribution in [2.45, 2.75) is 71.6 Å². The second-order valence-electron chi connectivity index (χ2n) is 7.64. The van der Waals surface area contributed by atoms with Gasteiger partial charge in [-0.05, 0) is 55.0 Å². The summed E-state index contributed by atoms with van der Waals surface area (Å²) in [5.41, 5.74) is 1.06. The Morgan fingerprint density at radius 3 is 2.33 bits per heavy atom. The van der Waals surface area contributed by atoms with Crippen molar-refractivity contribution in [3.8, 4) is 0 Å². The van der Waals surface area contributed by atoms with Gasteiger partial charge < -0.3 is 5.32 Å². The highest BCUT2D eigenvalue weighted by molar-refractivity contribution is 7.10. The van der Waals surface area contributed by atoms with E-state index in [0.717, 1.165) is 12.5 Å². The fourth-order valence-electron chi connectivity index (χ4n) is 4.49. The van der Waals surface area contributed by atoms with Crippen molar-refractivity contribution >= 4 is 11.3 Å². The second-order valence-corrected chi connectivity index (χ2v) is 8.58. The van der Waals surface area contributed by atoms with E-state index in [2.05, 4.69) is 50.5 Å². The topological polar surface area (TPSA) is 12.0 Å². The Hall–Kier alpha value is -0.340. The minimum absolute atomic E-state index is 0.424. The van der Waals surface area contributed by atoms with Crippen molar-refractivity contribution in [1.29, 1.82) is 0 Å². The van der Waals surface area contributed by atoms with Gasteiger partial charge in [0.15, 0.2) is 0 Å². The van der Waals surface area contributed by atoms with Gasteiger partial charge >= 0.3 is 0 Å². The highest BCUT2D eigenvalue weighted by atomic mass is 32.1. The Morgan fingerprint density at radius 1 is 1.19 bits per heavy atom. The monoisotopic (exact) mass is 307 g/mol. The zero-order valence-electron chi connectivity index (χ0n) is 14.4. The maximum atomic E-state index is 3.74. The van der Waals surface area contributed by atoms with Gasteiger partial charge in [0.25, 0.3) is 0 Å². The van der Waals surface area contributed by atoms with Crippen LogP contribution in [0.2, 0.25) is 0 Å². The highest BCUT2D eigenvalue weighted by Crippen LogP contribution is 2.60. The molecule has 1 heterocycles. The van der Waals surface area contributed by atoms with E-state index in [1.54, 1.807) is 4.88 Å². The van der Waals surface area contributed by atoms with Crippen LogP contribution in [0.3, 0.4) is 0 Å². The van der Waals surface area contributed by atoms with Gasteiger partial charge in [0.2, 0.25) is 0 Å². The molecule has 1 N–H and O–H groups in total. The first-order valence-corrected chi connectivity index (χ1v) is 9.68. The minimum Gasteiger partial charge on any atom is -0.316 e. The summed E-state index contributed by atoms with van der Waals surface area (Å²) in [4.78, 5) is 1.61. The third-order valence-corrected chi connectivity index (χ3v) is 6.16.